The molecule has 1 aromatic rings. The normalized spacial score (nSPS) is 23.8. The highest BCUT2D eigenvalue weighted by atomic mass is 32.2. The van der Waals surface area contributed by atoms with Crippen molar-refractivity contribution in [3.63, 3.8) is 0 Å². The SMILES string of the molecule is COCCNC(=O)[C@@H]1CS[C@H](C2CCCCC2)N1C(=O)c1ccccc1. The molecule has 1 aliphatic carbocycles. The van der Waals surface area contributed by atoms with E-state index in [2.05, 4.69) is 5.32 Å². The van der Waals surface area contributed by atoms with Crippen LogP contribution in [0, 0.1) is 5.92 Å². The molecule has 1 aromatic carbocycles. The molecule has 1 saturated heterocycles. The zero-order valence-corrected chi connectivity index (χ0v) is 16.2. The van der Waals surface area contributed by atoms with Gasteiger partial charge in [-0.25, -0.2) is 0 Å². The summed E-state index contributed by atoms with van der Waals surface area (Å²) in [6.45, 7) is 0.947. The van der Waals surface area contributed by atoms with Gasteiger partial charge in [-0.2, -0.15) is 0 Å². The van der Waals surface area contributed by atoms with Crippen LogP contribution in [0.3, 0.4) is 0 Å². The Balaban J connectivity index is 1.79. The molecule has 0 radical (unpaired) electrons. The van der Waals surface area contributed by atoms with Crippen LogP contribution in [0.4, 0.5) is 0 Å². The van der Waals surface area contributed by atoms with Crippen molar-refractivity contribution in [2.45, 2.75) is 43.5 Å². The molecule has 0 bridgehead atoms. The Labute approximate surface area is 159 Å². The minimum Gasteiger partial charge on any atom is -0.383 e. The Kier molecular flexibility index (Phi) is 6.97. The second-order valence-corrected chi connectivity index (χ2v) is 8.15. The first-order valence-corrected chi connectivity index (χ1v) is 10.5. The molecule has 2 aliphatic rings. The van der Waals surface area contributed by atoms with Crippen LogP contribution in [0.1, 0.15) is 42.5 Å². The maximum Gasteiger partial charge on any atom is 0.255 e. The molecule has 2 fully saturated rings. The largest absolute Gasteiger partial charge is 0.383 e. The van der Waals surface area contributed by atoms with Crippen molar-refractivity contribution in [2.24, 2.45) is 5.92 Å². The second-order valence-electron chi connectivity index (χ2n) is 7.00. The molecule has 2 amide bonds. The van der Waals surface area contributed by atoms with E-state index < -0.39 is 6.04 Å². The van der Waals surface area contributed by atoms with Crippen LogP contribution in [0.2, 0.25) is 0 Å². The number of methoxy groups -OCH3 is 1. The molecule has 5 nitrogen and oxygen atoms in total. The molecular weight excluding hydrogens is 348 g/mol. The maximum atomic E-state index is 13.3. The summed E-state index contributed by atoms with van der Waals surface area (Å²) in [7, 11) is 1.61. The minimum absolute atomic E-state index is 0.0296. The Hall–Kier alpha value is -1.53. The molecule has 2 atom stereocenters. The monoisotopic (exact) mass is 376 g/mol. The molecule has 142 valence electrons. The standard InChI is InChI=1S/C20H28N2O3S/c1-25-13-12-21-18(23)17-14-26-20(16-10-6-3-7-11-16)22(17)19(24)15-8-4-2-5-9-15/h2,4-5,8-9,16-17,20H,3,6-7,10-14H2,1H3,(H,21,23)/t17-,20+/m0/s1. The molecule has 1 N–H and O–H groups in total. The highest BCUT2D eigenvalue weighted by molar-refractivity contribution is 8.00. The van der Waals surface area contributed by atoms with Crippen molar-refractivity contribution in [3.8, 4) is 0 Å². The Morgan fingerprint density at radius 3 is 2.62 bits per heavy atom. The lowest BCUT2D eigenvalue weighted by Crippen LogP contribution is -2.51. The number of benzene rings is 1. The van der Waals surface area contributed by atoms with Crippen LogP contribution < -0.4 is 5.32 Å². The number of amides is 2. The van der Waals surface area contributed by atoms with Crippen LogP contribution >= 0.6 is 11.8 Å². The fourth-order valence-corrected chi connectivity index (χ4v) is 5.53. The predicted octanol–water partition coefficient (Wildman–Crippen LogP) is 2.91. The number of nitrogens with zero attached hydrogens (tertiary/aromatic N) is 1. The van der Waals surface area contributed by atoms with E-state index in [9.17, 15) is 9.59 Å². The number of thioether (sulfide) groups is 1. The Bertz CT molecular complexity index is 604. The Morgan fingerprint density at radius 1 is 1.19 bits per heavy atom. The van der Waals surface area contributed by atoms with E-state index in [1.54, 1.807) is 18.9 Å². The van der Waals surface area contributed by atoms with Gasteiger partial charge >= 0.3 is 0 Å². The first-order chi connectivity index (χ1) is 12.7. The van der Waals surface area contributed by atoms with Gasteiger partial charge in [0.2, 0.25) is 5.91 Å². The topological polar surface area (TPSA) is 58.6 Å². The number of hydrogen-bond acceptors (Lipinski definition) is 4. The summed E-state index contributed by atoms with van der Waals surface area (Å²) in [5.41, 5.74) is 0.658. The second kappa shape index (κ2) is 9.42. The molecule has 1 aliphatic heterocycles. The van der Waals surface area contributed by atoms with Crippen molar-refractivity contribution in [1.82, 2.24) is 10.2 Å². The summed E-state index contributed by atoms with van der Waals surface area (Å²) in [4.78, 5) is 27.8. The van der Waals surface area contributed by atoms with E-state index in [0.29, 0.717) is 30.4 Å². The first kappa shape index (κ1) is 19.2. The molecule has 1 saturated carbocycles. The van der Waals surface area contributed by atoms with Crippen LogP contribution in [0.15, 0.2) is 30.3 Å². The molecule has 0 aromatic heterocycles. The summed E-state index contributed by atoms with van der Waals surface area (Å²) in [5, 5.41) is 3.01. The van der Waals surface area contributed by atoms with Gasteiger partial charge in [0.15, 0.2) is 0 Å². The lowest BCUT2D eigenvalue weighted by Gasteiger charge is -2.35. The molecule has 26 heavy (non-hydrogen) atoms. The summed E-state index contributed by atoms with van der Waals surface area (Å²) >= 11 is 1.77. The summed E-state index contributed by atoms with van der Waals surface area (Å²) in [5.74, 6) is 1.05. The molecule has 3 rings (SSSR count). The van der Waals surface area contributed by atoms with Gasteiger partial charge in [-0.1, -0.05) is 37.5 Å². The van der Waals surface area contributed by atoms with E-state index >= 15 is 0 Å². The number of rotatable bonds is 6. The molecule has 0 spiro atoms. The van der Waals surface area contributed by atoms with Gasteiger partial charge in [0, 0.05) is 25.0 Å². The van der Waals surface area contributed by atoms with Crippen LogP contribution in [-0.2, 0) is 9.53 Å². The highest BCUT2D eigenvalue weighted by Crippen LogP contribution is 2.41. The average Bonchev–Trinajstić information content (AvgIpc) is 3.14. The summed E-state index contributed by atoms with van der Waals surface area (Å²) < 4.78 is 5.01. The van der Waals surface area contributed by atoms with Crippen LogP contribution in [0.5, 0.6) is 0 Å². The van der Waals surface area contributed by atoms with E-state index in [1.165, 1.54) is 19.3 Å². The quantitative estimate of drug-likeness (QED) is 0.776. The number of carbonyl (C=O) groups excluding carboxylic acids is 2. The van der Waals surface area contributed by atoms with Gasteiger partial charge in [0.1, 0.15) is 6.04 Å². The van der Waals surface area contributed by atoms with Gasteiger partial charge in [-0.15, -0.1) is 11.8 Å². The minimum atomic E-state index is -0.406. The van der Waals surface area contributed by atoms with E-state index in [0.717, 1.165) is 12.8 Å². The zero-order valence-electron chi connectivity index (χ0n) is 15.4. The first-order valence-electron chi connectivity index (χ1n) is 9.48. The Morgan fingerprint density at radius 2 is 1.92 bits per heavy atom. The van der Waals surface area contributed by atoms with E-state index in [-0.39, 0.29) is 17.2 Å². The van der Waals surface area contributed by atoms with Crippen LogP contribution in [-0.4, -0.2) is 54.1 Å². The van der Waals surface area contributed by atoms with E-state index in [1.807, 2.05) is 35.2 Å². The average molecular weight is 377 g/mol. The predicted molar refractivity (Wildman–Crippen MR) is 104 cm³/mol. The van der Waals surface area contributed by atoms with Gasteiger partial charge in [0.25, 0.3) is 5.91 Å². The molecule has 6 heteroatoms. The zero-order chi connectivity index (χ0) is 18.4. The fourth-order valence-electron chi connectivity index (χ4n) is 3.89. The van der Waals surface area contributed by atoms with Crippen molar-refractivity contribution in [3.05, 3.63) is 35.9 Å². The van der Waals surface area contributed by atoms with Crippen molar-refractivity contribution < 1.29 is 14.3 Å². The van der Waals surface area contributed by atoms with Gasteiger partial charge in [0.05, 0.1) is 12.0 Å². The molecular formula is C20H28N2O3S. The van der Waals surface area contributed by atoms with Gasteiger partial charge in [-0.05, 0) is 30.9 Å². The third-order valence-electron chi connectivity index (χ3n) is 5.25. The van der Waals surface area contributed by atoms with Crippen LogP contribution in [0.25, 0.3) is 0 Å². The number of ether oxygens (including phenoxy) is 1. The number of carbonyl (C=O) groups is 2. The lowest BCUT2D eigenvalue weighted by molar-refractivity contribution is -0.125. The van der Waals surface area contributed by atoms with Gasteiger partial charge in [-0.3, -0.25) is 9.59 Å². The van der Waals surface area contributed by atoms with Crippen molar-refractivity contribution in [1.29, 1.82) is 0 Å². The summed E-state index contributed by atoms with van der Waals surface area (Å²) in [6.07, 6.45) is 6.02. The third kappa shape index (κ3) is 4.41. The highest BCUT2D eigenvalue weighted by Gasteiger charge is 2.44. The summed E-state index contributed by atoms with van der Waals surface area (Å²) in [6, 6.07) is 8.92. The third-order valence-corrected chi connectivity index (χ3v) is 6.71. The fraction of sp³-hybridized carbons (Fsp3) is 0.600. The maximum absolute atomic E-state index is 13.3. The van der Waals surface area contributed by atoms with Crippen molar-refractivity contribution in [2.75, 3.05) is 26.0 Å². The molecule has 1 heterocycles. The smallest absolute Gasteiger partial charge is 0.255 e. The molecule has 0 unspecified atom stereocenters. The lowest BCUT2D eigenvalue weighted by atomic mass is 9.88. The van der Waals surface area contributed by atoms with Crippen molar-refractivity contribution >= 4 is 23.6 Å². The van der Waals surface area contributed by atoms with Gasteiger partial charge < -0.3 is 15.0 Å². The number of hydrogen-bond donors (Lipinski definition) is 1. The van der Waals surface area contributed by atoms with E-state index in [4.69, 9.17) is 4.74 Å². The number of nitrogens with one attached hydrogen (secondary N) is 1.